The average molecular weight is 461 g/mol. The van der Waals surface area contributed by atoms with E-state index in [1.54, 1.807) is 11.1 Å². The summed E-state index contributed by atoms with van der Waals surface area (Å²) in [4.78, 5) is 5.72. The van der Waals surface area contributed by atoms with Gasteiger partial charge in [0.05, 0.1) is 13.2 Å². The van der Waals surface area contributed by atoms with Gasteiger partial charge in [-0.3, -0.25) is 0 Å². The molecule has 162 valence electrons. The maximum absolute atomic E-state index is 6.21. The molecule has 0 atom stereocenters. The van der Waals surface area contributed by atoms with E-state index < -0.39 is 0 Å². The molecule has 4 rings (SSSR count). The highest BCUT2D eigenvalue weighted by molar-refractivity contribution is 7.26. The number of thiophene rings is 3. The van der Waals surface area contributed by atoms with E-state index in [0.717, 1.165) is 52.1 Å². The molecule has 3 aromatic heterocycles. The van der Waals surface area contributed by atoms with Crippen molar-refractivity contribution in [2.75, 3.05) is 26.4 Å². The van der Waals surface area contributed by atoms with Crippen LogP contribution < -0.4 is 0 Å². The number of unbranched alkanes of at least 4 members (excludes halogenated alkanes) is 2. The molecule has 0 unspecified atom stereocenters. The quantitative estimate of drug-likeness (QED) is 0.256. The number of fused-ring (bicyclic) bond motifs is 1. The van der Waals surface area contributed by atoms with Gasteiger partial charge in [-0.15, -0.1) is 34.0 Å². The molecule has 0 aliphatic heterocycles. The summed E-state index contributed by atoms with van der Waals surface area (Å²) in [5.41, 5.74) is 3.16. The number of rotatable bonds is 12. The minimum absolute atomic E-state index is 0.0676. The van der Waals surface area contributed by atoms with Gasteiger partial charge in [0.1, 0.15) is 0 Å². The molecule has 0 bridgehead atoms. The molecule has 0 amide bonds. The van der Waals surface area contributed by atoms with Gasteiger partial charge in [0.15, 0.2) is 0 Å². The van der Waals surface area contributed by atoms with Crippen LogP contribution in [0.2, 0.25) is 0 Å². The van der Waals surface area contributed by atoms with Crippen LogP contribution in [-0.4, -0.2) is 26.4 Å². The van der Waals surface area contributed by atoms with Crippen LogP contribution in [0.5, 0.6) is 0 Å². The first-order valence-electron chi connectivity index (χ1n) is 11.1. The molecule has 0 N–H and O–H groups in total. The molecule has 2 nitrogen and oxygen atoms in total. The Hall–Kier alpha value is -0.980. The van der Waals surface area contributed by atoms with Gasteiger partial charge in [-0.05, 0) is 59.7 Å². The van der Waals surface area contributed by atoms with E-state index >= 15 is 0 Å². The molecule has 0 saturated heterocycles. The van der Waals surface area contributed by atoms with Crippen LogP contribution in [-0.2, 0) is 22.3 Å². The molecule has 1 aliphatic carbocycles. The van der Waals surface area contributed by atoms with Crippen LogP contribution in [0, 0.1) is 5.41 Å². The Kier molecular flexibility index (Phi) is 7.82. The fourth-order valence-electron chi connectivity index (χ4n) is 4.22. The molecule has 5 heteroatoms. The van der Waals surface area contributed by atoms with E-state index in [0.29, 0.717) is 0 Å². The smallest absolute Gasteiger partial charge is 0.0550 e. The molecule has 30 heavy (non-hydrogen) atoms. The molecule has 0 radical (unpaired) electrons. The first-order chi connectivity index (χ1) is 14.8. The predicted octanol–water partition coefficient (Wildman–Crippen LogP) is 7.92. The number of hydrogen-bond acceptors (Lipinski definition) is 5. The van der Waals surface area contributed by atoms with Gasteiger partial charge in [-0.2, -0.15) is 0 Å². The SMILES string of the molecule is CCCCOCC1(COCCCC)Cc2c(-c3cccs3)sc(-c3cccs3)c2C1. The highest BCUT2D eigenvalue weighted by Gasteiger charge is 2.42. The Morgan fingerprint density at radius 1 is 0.800 bits per heavy atom. The average Bonchev–Trinajstić information content (AvgIpc) is 3.53. The lowest BCUT2D eigenvalue weighted by Gasteiger charge is -2.29. The molecule has 3 aromatic rings. The first kappa shape index (κ1) is 22.2. The minimum Gasteiger partial charge on any atom is -0.381 e. The Morgan fingerprint density at radius 3 is 1.70 bits per heavy atom. The van der Waals surface area contributed by atoms with Crippen LogP contribution in [0.1, 0.15) is 50.7 Å². The topological polar surface area (TPSA) is 18.5 Å². The van der Waals surface area contributed by atoms with Crippen molar-refractivity contribution in [1.82, 2.24) is 0 Å². The van der Waals surface area contributed by atoms with E-state index in [-0.39, 0.29) is 5.41 Å². The Bertz CT molecular complexity index is 821. The third kappa shape index (κ3) is 4.91. The molecule has 1 aliphatic rings. The monoisotopic (exact) mass is 460 g/mol. The Balaban J connectivity index is 1.63. The molecule has 0 aromatic carbocycles. The van der Waals surface area contributed by atoms with Crippen molar-refractivity contribution < 1.29 is 9.47 Å². The third-order valence-corrected chi connectivity index (χ3v) is 9.19. The van der Waals surface area contributed by atoms with Gasteiger partial charge in [0.2, 0.25) is 0 Å². The highest BCUT2D eigenvalue weighted by Crippen LogP contribution is 2.52. The molecule has 3 heterocycles. The molecule has 0 saturated carbocycles. The Morgan fingerprint density at radius 2 is 1.30 bits per heavy atom. The van der Waals surface area contributed by atoms with Crippen molar-refractivity contribution in [3.8, 4) is 19.5 Å². The second kappa shape index (κ2) is 10.6. The van der Waals surface area contributed by atoms with E-state index in [4.69, 9.17) is 9.47 Å². The zero-order valence-corrected chi connectivity index (χ0v) is 20.5. The predicted molar refractivity (Wildman–Crippen MR) is 132 cm³/mol. The van der Waals surface area contributed by atoms with Crippen LogP contribution in [0.4, 0.5) is 0 Å². The van der Waals surface area contributed by atoms with Crippen molar-refractivity contribution in [2.24, 2.45) is 5.41 Å². The summed E-state index contributed by atoms with van der Waals surface area (Å²) in [5, 5.41) is 4.38. The summed E-state index contributed by atoms with van der Waals surface area (Å²) in [6, 6.07) is 8.87. The zero-order chi connectivity index (χ0) is 20.8. The van der Waals surface area contributed by atoms with Crippen molar-refractivity contribution in [2.45, 2.75) is 52.4 Å². The van der Waals surface area contributed by atoms with Gasteiger partial charge in [0.25, 0.3) is 0 Å². The van der Waals surface area contributed by atoms with Crippen LogP contribution in [0.3, 0.4) is 0 Å². The third-order valence-electron chi connectivity index (χ3n) is 5.81. The molecule has 0 fully saturated rings. The van der Waals surface area contributed by atoms with Crippen molar-refractivity contribution >= 4 is 34.0 Å². The van der Waals surface area contributed by atoms with Crippen LogP contribution in [0.25, 0.3) is 19.5 Å². The zero-order valence-electron chi connectivity index (χ0n) is 18.1. The van der Waals surface area contributed by atoms with Crippen molar-refractivity contribution in [3.63, 3.8) is 0 Å². The maximum atomic E-state index is 6.21. The summed E-state index contributed by atoms with van der Waals surface area (Å²) < 4.78 is 12.4. The largest absolute Gasteiger partial charge is 0.381 e. The summed E-state index contributed by atoms with van der Waals surface area (Å²) >= 11 is 5.69. The van der Waals surface area contributed by atoms with Gasteiger partial charge in [-0.1, -0.05) is 38.8 Å². The van der Waals surface area contributed by atoms with Crippen LogP contribution >= 0.6 is 34.0 Å². The van der Waals surface area contributed by atoms with Crippen molar-refractivity contribution in [1.29, 1.82) is 0 Å². The fraction of sp³-hybridized carbons (Fsp3) is 0.520. The lowest BCUT2D eigenvalue weighted by Crippen LogP contribution is -2.34. The molecular weight excluding hydrogens is 428 g/mol. The maximum Gasteiger partial charge on any atom is 0.0550 e. The summed E-state index contributed by atoms with van der Waals surface area (Å²) in [6.45, 7) is 7.75. The van der Waals surface area contributed by atoms with E-state index in [9.17, 15) is 0 Å². The highest BCUT2D eigenvalue weighted by atomic mass is 32.1. The van der Waals surface area contributed by atoms with Gasteiger partial charge in [-0.25, -0.2) is 0 Å². The number of ether oxygens (including phenoxy) is 2. The number of hydrogen-bond donors (Lipinski definition) is 0. The summed E-state index contributed by atoms with van der Waals surface area (Å²) in [7, 11) is 0. The standard InChI is InChI=1S/C25H32O2S3/c1-3-5-11-26-17-25(18-27-12-6-4-2)15-19-20(16-25)24(22-10-8-14-29-22)30-23(19)21-9-7-13-28-21/h7-10,13-14H,3-6,11-12,15-18H2,1-2H3. The van der Waals surface area contributed by atoms with Crippen LogP contribution in [0.15, 0.2) is 35.0 Å². The second-order valence-corrected chi connectivity index (χ2v) is 11.3. The lowest BCUT2D eigenvalue weighted by atomic mass is 9.86. The lowest BCUT2D eigenvalue weighted by molar-refractivity contribution is -0.0187. The van der Waals surface area contributed by atoms with Gasteiger partial charge < -0.3 is 9.47 Å². The minimum atomic E-state index is 0.0676. The van der Waals surface area contributed by atoms with E-state index in [1.165, 1.54) is 32.4 Å². The Labute approximate surface area is 192 Å². The molecule has 0 spiro atoms. The summed E-state index contributed by atoms with van der Waals surface area (Å²) in [6.07, 6.45) is 6.76. The normalized spacial score (nSPS) is 15.0. The van der Waals surface area contributed by atoms with E-state index in [2.05, 4.69) is 48.9 Å². The van der Waals surface area contributed by atoms with Gasteiger partial charge in [0, 0.05) is 38.1 Å². The summed E-state index contributed by atoms with van der Waals surface area (Å²) in [5.74, 6) is 0. The second-order valence-electron chi connectivity index (χ2n) is 8.34. The first-order valence-corrected chi connectivity index (χ1v) is 13.7. The fourth-order valence-corrected chi connectivity index (χ4v) is 7.31. The van der Waals surface area contributed by atoms with E-state index in [1.807, 2.05) is 34.0 Å². The molecular formula is C25H32O2S3. The van der Waals surface area contributed by atoms with Gasteiger partial charge >= 0.3 is 0 Å². The van der Waals surface area contributed by atoms with Crippen molar-refractivity contribution in [3.05, 3.63) is 46.2 Å².